The van der Waals surface area contributed by atoms with Crippen molar-refractivity contribution in [3.05, 3.63) is 52.0 Å². The zero-order valence-corrected chi connectivity index (χ0v) is 19.1. The molecule has 5 nitrogen and oxygen atoms in total. The van der Waals surface area contributed by atoms with Crippen molar-refractivity contribution in [3.8, 4) is 11.5 Å². The summed E-state index contributed by atoms with van der Waals surface area (Å²) in [5.41, 5.74) is 4.37. The number of nitrogens with zero attached hydrogens (tertiary/aromatic N) is 2. The van der Waals surface area contributed by atoms with Crippen molar-refractivity contribution in [2.45, 2.75) is 34.1 Å². The van der Waals surface area contributed by atoms with Crippen molar-refractivity contribution in [1.29, 1.82) is 0 Å². The van der Waals surface area contributed by atoms with Gasteiger partial charge in [0.15, 0.2) is 11.5 Å². The zero-order valence-electron chi connectivity index (χ0n) is 18.3. The Hall–Kier alpha value is -2.40. The van der Waals surface area contributed by atoms with Gasteiger partial charge in [0.25, 0.3) is 5.91 Å². The molecule has 0 unspecified atom stereocenters. The van der Waals surface area contributed by atoms with E-state index in [4.69, 9.17) is 21.1 Å². The van der Waals surface area contributed by atoms with Crippen molar-refractivity contribution >= 4 is 23.2 Å². The number of carbonyl (C=O) groups excluding carboxylic acids is 1. The highest BCUT2D eigenvalue weighted by Gasteiger charge is 2.25. The molecule has 0 atom stereocenters. The monoisotopic (exact) mass is 430 g/mol. The zero-order chi connectivity index (χ0) is 21.7. The summed E-state index contributed by atoms with van der Waals surface area (Å²) >= 11 is 6.44. The molecule has 0 N–H and O–H groups in total. The third-order valence-corrected chi connectivity index (χ3v) is 5.77. The molecule has 3 rings (SSSR count). The summed E-state index contributed by atoms with van der Waals surface area (Å²) in [6, 6.07) is 9.82. The Morgan fingerprint density at radius 2 is 1.80 bits per heavy atom. The van der Waals surface area contributed by atoms with E-state index >= 15 is 0 Å². The standard InChI is InChI=1S/C24H31ClN2O3/c1-5-14-30-23-20(25)15-19(16-22(23)29-6-2)24(28)27-12-10-26(11-13-27)21-9-7-8-17(3)18(21)4/h7-9,15-16H,5-6,10-14H2,1-4H3. The van der Waals surface area contributed by atoms with Gasteiger partial charge in [-0.1, -0.05) is 30.7 Å². The summed E-state index contributed by atoms with van der Waals surface area (Å²) in [6.07, 6.45) is 0.868. The first-order valence-electron chi connectivity index (χ1n) is 10.7. The van der Waals surface area contributed by atoms with Gasteiger partial charge in [-0.05, 0) is 56.5 Å². The van der Waals surface area contributed by atoms with E-state index < -0.39 is 0 Å². The van der Waals surface area contributed by atoms with Gasteiger partial charge in [-0.15, -0.1) is 0 Å². The Morgan fingerprint density at radius 3 is 2.47 bits per heavy atom. The van der Waals surface area contributed by atoms with E-state index in [0.29, 0.717) is 48.4 Å². The number of hydrogen-bond acceptors (Lipinski definition) is 4. The quantitative estimate of drug-likeness (QED) is 0.612. The fourth-order valence-electron chi connectivity index (χ4n) is 3.71. The maximum absolute atomic E-state index is 13.2. The highest BCUT2D eigenvalue weighted by Crippen LogP contribution is 2.37. The third kappa shape index (κ3) is 4.84. The van der Waals surface area contributed by atoms with Crippen LogP contribution in [0.5, 0.6) is 11.5 Å². The Balaban J connectivity index is 1.73. The predicted molar refractivity (Wildman–Crippen MR) is 122 cm³/mol. The van der Waals surface area contributed by atoms with E-state index in [1.807, 2.05) is 18.7 Å². The van der Waals surface area contributed by atoms with Gasteiger partial charge in [-0.25, -0.2) is 0 Å². The lowest BCUT2D eigenvalue weighted by Crippen LogP contribution is -2.49. The SMILES string of the molecule is CCCOc1c(Cl)cc(C(=O)N2CCN(c3cccc(C)c3C)CC2)cc1OCC. The van der Waals surface area contributed by atoms with Gasteiger partial charge in [0.05, 0.1) is 18.2 Å². The smallest absolute Gasteiger partial charge is 0.254 e. The lowest BCUT2D eigenvalue weighted by Gasteiger charge is -2.37. The van der Waals surface area contributed by atoms with E-state index in [2.05, 4.69) is 36.9 Å². The van der Waals surface area contributed by atoms with Gasteiger partial charge in [0.2, 0.25) is 0 Å². The highest BCUT2D eigenvalue weighted by atomic mass is 35.5. The Bertz CT molecular complexity index is 892. The molecule has 1 aliphatic heterocycles. The fraction of sp³-hybridized carbons (Fsp3) is 0.458. The van der Waals surface area contributed by atoms with E-state index in [1.54, 1.807) is 12.1 Å². The minimum atomic E-state index is -0.0273. The number of hydrogen-bond donors (Lipinski definition) is 0. The normalized spacial score (nSPS) is 14.0. The van der Waals surface area contributed by atoms with Crippen LogP contribution in [0.1, 0.15) is 41.8 Å². The van der Waals surface area contributed by atoms with Crippen LogP contribution in [0.3, 0.4) is 0 Å². The lowest BCUT2D eigenvalue weighted by molar-refractivity contribution is 0.0746. The molecule has 1 aliphatic rings. The average molecular weight is 431 g/mol. The summed E-state index contributed by atoms with van der Waals surface area (Å²) in [5, 5.41) is 0.409. The van der Waals surface area contributed by atoms with Crippen LogP contribution in [-0.4, -0.2) is 50.2 Å². The predicted octanol–water partition coefficient (Wildman–Crippen LogP) is 5.11. The Morgan fingerprint density at radius 1 is 1.07 bits per heavy atom. The number of aryl methyl sites for hydroxylation is 1. The van der Waals surface area contributed by atoms with Crippen LogP contribution in [0.2, 0.25) is 5.02 Å². The number of piperazine rings is 1. The molecule has 1 amide bonds. The third-order valence-electron chi connectivity index (χ3n) is 5.49. The number of anilines is 1. The van der Waals surface area contributed by atoms with Crippen LogP contribution in [0.4, 0.5) is 5.69 Å². The Kier molecular flexibility index (Phi) is 7.48. The maximum Gasteiger partial charge on any atom is 0.254 e. The van der Waals surface area contributed by atoms with E-state index in [9.17, 15) is 4.79 Å². The highest BCUT2D eigenvalue weighted by molar-refractivity contribution is 6.32. The van der Waals surface area contributed by atoms with Gasteiger partial charge in [-0.2, -0.15) is 0 Å². The number of ether oxygens (including phenoxy) is 2. The second-order valence-electron chi connectivity index (χ2n) is 7.57. The first kappa shape index (κ1) is 22.3. The van der Waals surface area contributed by atoms with Gasteiger partial charge in [-0.3, -0.25) is 4.79 Å². The molecule has 2 aromatic rings. The van der Waals surface area contributed by atoms with Crippen molar-refractivity contribution in [3.63, 3.8) is 0 Å². The molecule has 1 saturated heterocycles. The molecule has 0 radical (unpaired) electrons. The molecular weight excluding hydrogens is 400 g/mol. The van der Waals surface area contributed by atoms with Crippen molar-refractivity contribution in [2.24, 2.45) is 0 Å². The summed E-state index contributed by atoms with van der Waals surface area (Å²) in [5.74, 6) is 1.01. The summed E-state index contributed by atoms with van der Waals surface area (Å²) in [6.45, 7) is 12.2. The Labute approximate surface area is 184 Å². The summed E-state index contributed by atoms with van der Waals surface area (Å²) in [7, 11) is 0. The van der Waals surface area contributed by atoms with Gasteiger partial charge < -0.3 is 19.3 Å². The second kappa shape index (κ2) is 10.1. The molecule has 2 aromatic carbocycles. The molecule has 0 saturated carbocycles. The van der Waals surface area contributed by atoms with E-state index in [-0.39, 0.29) is 5.91 Å². The molecule has 162 valence electrons. The molecule has 30 heavy (non-hydrogen) atoms. The first-order valence-corrected chi connectivity index (χ1v) is 11.0. The fourth-order valence-corrected chi connectivity index (χ4v) is 3.98. The van der Waals surface area contributed by atoms with Crippen LogP contribution in [-0.2, 0) is 0 Å². The van der Waals surface area contributed by atoms with Crippen molar-refractivity contribution < 1.29 is 14.3 Å². The molecule has 0 aliphatic carbocycles. The lowest BCUT2D eigenvalue weighted by atomic mass is 10.1. The van der Waals surface area contributed by atoms with Crippen molar-refractivity contribution in [1.82, 2.24) is 4.90 Å². The van der Waals surface area contributed by atoms with Crippen LogP contribution < -0.4 is 14.4 Å². The minimum absolute atomic E-state index is 0.0273. The molecule has 0 bridgehead atoms. The summed E-state index contributed by atoms with van der Waals surface area (Å²) < 4.78 is 11.4. The average Bonchev–Trinajstić information content (AvgIpc) is 2.75. The largest absolute Gasteiger partial charge is 0.490 e. The topological polar surface area (TPSA) is 42.0 Å². The molecule has 0 spiro atoms. The number of carbonyl (C=O) groups is 1. The molecule has 0 aromatic heterocycles. The number of halogens is 1. The van der Waals surface area contributed by atoms with Gasteiger partial charge in [0.1, 0.15) is 0 Å². The summed E-state index contributed by atoms with van der Waals surface area (Å²) in [4.78, 5) is 17.4. The minimum Gasteiger partial charge on any atom is -0.490 e. The van der Waals surface area contributed by atoms with Crippen molar-refractivity contribution in [2.75, 3.05) is 44.3 Å². The van der Waals surface area contributed by atoms with Crippen LogP contribution in [0.25, 0.3) is 0 Å². The van der Waals surface area contributed by atoms with Gasteiger partial charge >= 0.3 is 0 Å². The molecular formula is C24H31ClN2O3. The van der Waals surface area contributed by atoms with Crippen LogP contribution in [0.15, 0.2) is 30.3 Å². The molecule has 1 heterocycles. The number of rotatable bonds is 7. The number of benzene rings is 2. The van der Waals surface area contributed by atoms with Gasteiger partial charge in [0, 0.05) is 37.4 Å². The maximum atomic E-state index is 13.2. The van der Waals surface area contributed by atoms with E-state index in [0.717, 1.165) is 19.5 Å². The van der Waals surface area contributed by atoms with E-state index in [1.165, 1.54) is 16.8 Å². The van der Waals surface area contributed by atoms with Crippen LogP contribution >= 0.6 is 11.6 Å². The second-order valence-corrected chi connectivity index (χ2v) is 7.97. The molecule has 6 heteroatoms. The van der Waals surface area contributed by atoms with Crippen LogP contribution in [0, 0.1) is 13.8 Å². The number of amides is 1. The first-order chi connectivity index (χ1) is 14.5. The molecule has 1 fully saturated rings.